The number of Topliss-reactive ketones (excluding diaryl/α,β-unsaturated/α-hetero) is 1. The lowest BCUT2D eigenvalue weighted by atomic mass is 10.2. The van der Waals surface area contributed by atoms with Gasteiger partial charge in [0.05, 0.1) is 29.4 Å². The van der Waals surface area contributed by atoms with E-state index >= 15 is 0 Å². The lowest BCUT2D eigenvalue weighted by Crippen LogP contribution is -2.14. The predicted octanol–water partition coefficient (Wildman–Crippen LogP) is 3.00. The minimum absolute atomic E-state index is 0.0108. The summed E-state index contributed by atoms with van der Waals surface area (Å²) < 4.78 is 32.4. The quantitative estimate of drug-likeness (QED) is 0.242. The fourth-order valence-corrected chi connectivity index (χ4v) is 3.49. The van der Waals surface area contributed by atoms with E-state index in [2.05, 4.69) is 30.6 Å². The fraction of sp³-hybridized carbons (Fsp3) is 0.222. The van der Waals surface area contributed by atoms with Crippen LogP contribution in [0.5, 0.6) is 0 Å². The summed E-state index contributed by atoms with van der Waals surface area (Å²) in [6.07, 6.45) is 1.28. The number of ether oxygens (including phenoxy) is 1. The Morgan fingerprint density at radius 3 is 2.38 bits per heavy atom. The highest BCUT2D eigenvalue weighted by molar-refractivity contribution is 9.09. The van der Waals surface area contributed by atoms with Crippen molar-refractivity contribution in [3.8, 4) is 0 Å². The molecule has 1 aromatic carbocycles. The van der Waals surface area contributed by atoms with Crippen LogP contribution in [0.25, 0.3) is 0 Å². The Balaban J connectivity index is 2.13. The molecule has 2 rings (SSSR count). The first kappa shape index (κ1) is 22.5. The number of alkyl halides is 1. The van der Waals surface area contributed by atoms with Crippen molar-refractivity contribution in [3.05, 3.63) is 48.2 Å². The molecule has 0 amide bonds. The number of carbonyl (C=O) groups is 2. The smallest absolute Gasteiger partial charge is 0.303 e. The highest BCUT2D eigenvalue weighted by Gasteiger charge is 2.15. The standard InChI is InChI=1S/C18H18BrN3O6S/c1-28-17(8-9-18(24)25)21-13-3-5-14(6-4-13)29(26,27)22-16-7-2-12(11-20-16)15(23)10-19/h2-7,11H,8-10H2,1H3,(H,20,22)(H,24,25). The van der Waals surface area contributed by atoms with Crippen LogP contribution < -0.4 is 4.72 Å². The summed E-state index contributed by atoms with van der Waals surface area (Å²) in [7, 11) is -2.51. The topological polar surface area (TPSA) is 135 Å². The average molecular weight is 484 g/mol. The number of sulfonamides is 1. The third-order valence-electron chi connectivity index (χ3n) is 3.63. The number of methoxy groups -OCH3 is 1. The Morgan fingerprint density at radius 1 is 1.17 bits per heavy atom. The van der Waals surface area contributed by atoms with Crippen LogP contribution in [-0.4, -0.2) is 48.6 Å². The normalized spacial score (nSPS) is 11.7. The first-order chi connectivity index (χ1) is 13.7. The molecular weight excluding hydrogens is 466 g/mol. The van der Waals surface area contributed by atoms with Crippen molar-refractivity contribution in [2.75, 3.05) is 17.2 Å². The maximum Gasteiger partial charge on any atom is 0.303 e. The zero-order chi connectivity index (χ0) is 21.4. The molecule has 0 saturated heterocycles. The molecule has 9 nitrogen and oxygen atoms in total. The number of aromatic nitrogens is 1. The second kappa shape index (κ2) is 10.1. The molecule has 2 N–H and O–H groups in total. The van der Waals surface area contributed by atoms with E-state index in [0.717, 1.165) is 0 Å². The molecule has 0 radical (unpaired) electrons. The van der Waals surface area contributed by atoms with E-state index in [9.17, 15) is 18.0 Å². The van der Waals surface area contributed by atoms with Gasteiger partial charge in [-0.2, -0.15) is 0 Å². The van der Waals surface area contributed by atoms with E-state index in [1.54, 1.807) is 0 Å². The summed E-state index contributed by atoms with van der Waals surface area (Å²) in [6, 6.07) is 8.54. The largest absolute Gasteiger partial charge is 0.484 e. The van der Waals surface area contributed by atoms with Gasteiger partial charge in [-0.25, -0.2) is 18.4 Å². The number of hydrogen-bond acceptors (Lipinski definition) is 7. The molecule has 29 heavy (non-hydrogen) atoms. The molecule has 1 aromatic heterocycles. The van der Waals surface area contributed by atoms with E-state index in [1.807, 2.05) is 0 Å². The number of carbonyl (C=O) groups excluding carboxylic acids is 1. The second-order valence-electron chi connectivity index (χ2n) is 5.69. The van der Waals surface area contributed by atoms with Crippen LogP contribution in [0, 0.1) is 0 Å². The van der Waals surface area contributed by atoms with Crippen molar-refractivity contribution in [1.29, 1.82) is 0 Å². The molecular formula is C18H18BrN3O6S. The van der Waals surface area contributed by atoms with Gasteiger partial charge in [-0.15, -0.1) is 0 Å². The summed E-state index contributed by atoms with van der Waals surface area (Å²) in [4.78, 5) is 30.3. The first-order valence-electron chi connectivity index (χ1n) is 8.26. The van der Waals surface area contributed by atoms with Gasteiger partial charge in [-0.05, 0) is 36.4 Å². The van der Waals surface area contributed by atoms with Gasteiger partial charge in [0.15, 0.2) is 11.7 Å². The molecule has 0 bridgehead atoms. The van der Waals surface area contributed by atoms with E-state index in [-0.39, 0.29) is 40.6 Å². The van der Waals surface area contributed by atoms with Crippen LogP contribution in [0.1, 0.15) is 23.2 Å². The van der Waals surface area contributed by atoms with Crippen LogP contribution in [0.15, 0.2) is 52.5 Å². The zero-order valence-corrected chi connectivity index (χ0v) is 17.7. The molecule has 2 aromatic rings. The van der Waals surface area contributed by atoms with Gasteiger partial charge in [-0.1, -0.05) is 15.9 Å². The maximum absolute atomic E-state index is 12.5. The third-order valence-corrected chi connectivity index (χ3v) is 5.51. The van der Waals surface area contributed by atoms with Crippen molar-refractivity contribution in [2.24, 2.45) is 4.99 Å². The Labute approximate surface area is 176 Å². The van der Waals surface area contributed by atoms with Gasteiger partial charge in [-0.3, -0.25) is 14.3 Å². The van der Waals surface area contributed by atoms with Crippen molar-refractivity contribution in [2.45, 2.75) is 17.7 Å². The number of anilines is 1. The Bertz CT molecular complexity index is 1000. The number of carboxylic acids is 1. The molecule has 0 saturated carbocycles. The molecule has 154 valence electrons. The van der Waals surface area contributed by atoms with Crippen LogP contribution in [0.3, 0.4) is 0 Å². The molecule has 0 atom stereocenters. The lowest BCUT2D eigenvalue weighted by molar-refractivity contribution is -0.136. The van der Waals surface area contributed by atoms with Crippen molar-refractivity contribution in [3.63, 3.8) is 0 Å². The van der Waals surface area contributed by atoms with Crippen LogP contribution in [0.4, 0.5) is 11.5 Å². The summed E-state index contributed by atoms with van der Waals surface area (Å²) in [5.74, 6) is -0.834. The number of pyridine rings is 1. The number of benzene rings is 1. The number of rotatable bonds is 9. The number of carboxylic acid groups (broad SMARTS) is 1. The van der Waals surface area contributed by atoms with Gasteiger partial charge in [0.25, 0.3) is 10.0 Å². The molecule has 0 spiro atoms. The van der Waals surface area contributed by atoms with Crippen LogP contribution in [-0.2, 0) is 19.6 Å². The van der Waals surface area contributed by atoms with Gasteiger partial charge in [0.2, 0.25) is 0 Å². The van der Waals surface area contributed by atoms with E-state index in [1.165, 1.54) is 49.7 Å². The molecule has 0 fully saturated rings. The molecule has 1 heterocycles. The highest BCUT2D eigenvalue weighted by atomic mass is 79.9. The Morgan fingerprint density at radius 2 is 1.86 bits per heavy atom. The van der Waals surface area contributed by atoms with Crippen molar-refractivity contribution < 1.29 is 27.9 Å². The summed E-state index contributed by atoms with van der Waals surface area (Å²) in [5, 5.41) is 8.87. The molecule has 0 aliphatic heterocycles. The molecule has 0 aliphatic rings. The van der Waals surface area contributed by atoms with Crippen LogP contribution >= 0.6 is 15.9 Å². The number of halogens is 1. The predicted molar refractivity (Wildman–Crippen MR) is 111 cm³/mol. The number of hydrogen-bond donors (Lipinski definition) is 2. The minimum Gasteiger partial charge on any atom is -0.484 e. The summed E-state index contributed by atoms with van der Waals surface area (Å²) >= 11 is 3.06. The molecule has 11 heteroatoms. The summed E-state index contributed by atoms with van der Waals surface area (Å²) in [5.41, 5.74) is 0.783. The van der Waals surface area contributed by atoms with Gasteiger partial charge in [0.1, 0.15) is 5.82 Å². The average Bonchev–Trinajstić information content (AvgIpc) is 2.71. The lowest BCUT2D eigenvalue weighted by Gasteiger charge is -2.08. The fourth-order valence-electron chi connectivity index (χ4n) is 2.15. The van der Waals surface area contributed by atoms with Gasteiger partial charge in [0, 0.05) is 18.2 Å². The maximum atomic E-state index is 12.5. The van der Waals surface area contributed by atoms with Crippen molar-refractivity contribution >= 4 is 55.1 Å². The van der Waals surface area contributed by atoms with Crippen molar-refractivity contribution in [1.82, 2.24) is 4.98 Å². The first-order valence-corrected chi connectivity index (χ1v) is 10.9. The highest BCUT2D eigenvalue weighted by Crippen LogP contribution is 2.20. The SMILES string of the molecule is COC(CCC(=O)O)=Nc1ccc(S(=O)(=O)Nc2ccc(C(=O)CBr)cn2)cc1. The van der Waals surface area contributed by atoms with E-state index < -0.39 is 16.0 Å². The second-order valence-corrected chi connectivity index (χ2v) is 7.93. The Hall–Kier alpha value is -2.79. The number of aliphatic imine (C=N–C) groups is 1. The number of ketones is 1. The van der Waals surface area contributed by atoms with Gasteiger partial charge >= 0.3 is 5.97 Å². The number of aliphatic carboxylic acids is 1. The third kappa shape index (κ3) is 6.64. The number of nitrogens with zero attached hydrogens (tertiary/aromatic N) is 2. The molecule has 0 unspecified atom stereocenters. The van der Waals surface area contributed by atoms with Crippen LogP contribution in [0.2, 0.25) is 0 Å². The Kier molecular flexibility index (Phi) is 7.85. The molecule has 0 aliphatic carbocycles. The summed E-state index contributed by atoms with van der Waals surface area (Å²) in [6.45, 7) is 0. The zero-order valence-electron chi connectivity index (χ0n) is 15.3. The minimum atomic E-state index is -3.89. The van der Waals surface area contributed by atoms with Gasteiger partial charge < -0.3 is 9.84 Å². The van der Waals surface area contributed by atoms with E-state index in [0.29, 0.717) is 11.3 Å². The number of nitrogens with one attached hydrogen (secondary N) is 1. The van der Waals surface area contributed by atoms with E-state index in [4.69, 9.17) is 9.84 Å². The monoisotopic (exact) mass is 483 g/mol.